The predicted molar refractivity (Wildman–Crippen MR) is 91.0 cm³/mol. The molecule has 0 saturated carbocycles. The summed E-state index contributed by atoms with van der Waals surface area (Å²) in [6.07, 6.45) is 4.94. The monoisotopic (exact) mass is 325 g/mol. The van der Waals surface area contributed by atoms with Gasteiger partial charge >= 0.3 is 0 Å². The third kappa shape index (κ3) is 4.71. The summed E-state index contributed by atoms with van der Waals surface area (Å²) in [5.41, 5.74) is 5.18. The van der Waals surface area contributed by atoms with E-state index < -0.39 is 0 Å². The number of hydrogen-bond acceptors (Lipinski definition) is 4. The number of quaternary nitrogens is 1. The summed E-state index contributed by atoms with van der Waals surface area (Å²) in [5, 5.41) is 3.95. The number of ether oxygens (including phenoxy) is 1. The number of benzene rings is 1. The molecule has 0 radical (unpaired) electrons. The van der Waals surface area contributed by atoms with Crippen molar-refractivity contribution in [2.45, 2.75) is 6.54 Å². The van der Waals surface area contributed by atoms with Crippen molar-refractivity contribution < 1.29 is 14.4 Å². The number of morpholine rings is 1. The zero-order chi connectivity index (χ0) is 16.6. The molecule has 1 fully saturated rings. The lowest BCUT2D eigenvalue weighted by atomic mass is 10.1. The summed E-state index contributed by atoms with van der Waals surface area (Å²) in [5.74, 6) is -0.222. The first-order chi connectivity index (χ1) is 11.8. The molecule has 1 aliphatic rings. The second-order valence-electron chi connectivity index (χ2n) is 5.72. The van der Waals surface area contributed by atoms with Crippen LogP contribution in [0.15, 0.2) is 53.9 Å². The topological polar surface area (TPSA) is 68.0 Å². The molecule has 3 rings (SSSR count). The largest absolute Gasteiger partial charge is 0.370 e. The fourth-order valence-corrected chi connectivity index (χ4v) is 2.58. The molecule has 0 atom stereocenters. The second kappa shape index (κ2) is 8.33. The van der Waals surface area contributed by atoms with Gasteiger partial charge in [-0.25, -0.2) is 5.43 Å². The van der Waals surface area contributed by atoms with Crippen molar-refractivity contribution in [2.75, 3.05) is 26.3 Å². The number of carbonyl (C=O) groups excluding carboxylic acids is 1. The summed E-state index contributed by atoms with van der Waals surface area (Å²) < 4.78 is 5.37. The van der Waals surface area contributed by atoms with Gasteiger partial charge in [-0.05, 0) is 18.2 Å². The van der Waals surface area contributed by atoms with Crippen LogP contribution in [0.4, 0.5) is 0 Å². The number of amides is 1. The average molecular weight is 325 g/mol. The SMILES string of the molecule is O=C(N/N=C\c1cccnc1)c1ccc(C[NH+]2CCOCC2)cc1. The quantitative estimate of drug-likeness (QED) is 0.612. The van der Waals surface area contributed by atoms with Crippen LogP contribution in [0.1, 0.15) is 21.5 Å². The highest BCUT2D eigenvalue weighted by atomic mass is 16.5. The van der Waals surface area contributed by atoms with E-state index in [-0.39, 0.29) is 5.91 Å². The van der Waals surface area contributed by atoms with E-state index in [9.17, 15) is 4.79 Å². The van der Waals surface area contributed by atoms with Crippen LogP contribution in [0, 0.1) is 0 Å². The lowest BCUT2D eigenvalue weighted by Crippen LogP contribution is -3.12. The highest BCUT2D eigenvalue weighted by Crippen LogP contribution is 2.04. The van der Waals surface area contributed by atoms with E-state index in [0.29, 0.717) is 5.56 Å². The fraction of sp³-hybridized carbons (Fsp3) is 0.278. The molecule has 0 bridgehead atoms. The number of hydrazone groups is 1. The number of pyridine rings is 1. The van der Waals surface area contributed by atoms with Gasteiger partial charge in [-0.3, -0.25) is 9.78 Å². The molecule has 124 valence electrons. The van der Waals surface area contributed by atoms with Gasteiger partial charge in [0.1, 0.15) is 19.6 Å². The second-order valence-corrected chi connectivity index (χ2v) is 5.72. The molecule has 1 amide bonds. The number of hydrogen-bond donors (Lipinski definition) is 2. The van der Waals surface area contributed by atoms with E-state index in [4.69, 9.17) is 4.74 Å². The maximum absolute atomic E-state index is 12.1. The van der Waals surface area contributed by atoms with Crippen molar-refractivity contribution in [3.05, 3.63) is 65.5 Å². The standard InChI is InChI=1S/C18H20N4O2/c23-18(21-20-13-16-2-1-7-19-12-16)17-5-3-15(4-6-17)14-22-8-10-24-11-9-22/h1-7,12-13H,8-11,14H2,(H,21,23)/p+1/b20-13-. The first kappa shape index (κ1) is 16.3. The van der Waals surface area contributed by atoms with Crippen LogP contribution >= 0.6 is 0 Å². The Hall–Kier alpha value is -2.57. The van der Waals surface area contributed by atoms with Crippen LogP contribution < -0.4 is 10.3 Å². The molecule has 2 heterocycles. The van der Waals surface area contributed by atoms with E-state index in [0.717, 1.165) is 38.4 Å². The Labute approximate surface area is 141 Å². The molecule has 0 aliphatic carbocycles. The van der Waals surface area contributed by atoms with Crippen LogP contribution in [0.5, 0.6) is 0 Å². The van der Waals surface area contributed by atoms with Gasteiger partial charge in [0.2, 0.25) is 0 Å². The Morgan fingerprint density at radius 3 is 2.75 bits per heavy atom. The minimum atomic E-state index is -0.222. The van der Waals surface area contributed by atoms with Crippen molar-refractivity contribution in [1.82, 2.24) is 10.4 Å². The summed E-state index contributed by atoms with van der Waals surface area (Å²) in [7, 11) is 0. The molecule has 1 aromatic carbocycles. The smallest absolute Gasteiger partial charge is 0.271 e. The highest BCUT2D eigenvalue weighted by molar-refractivity contribution is 5.94. The molecule has 0 spiro atoms. The fourth-order valence-electron chi connectivity index (χ4n) is 2.58. The number of rotatable bonds is 5. The van der Waals surface area contributed by atoms with E-state index in [2.05, 4.69) is 15.5 Å². The van der Waals surface area contributed by atoms with Gasteiger partial charge in [0.05, 0.1) is 19.4 Å². The molecule has 6 heteroatoms. The van der Waals surface area contributed by atoms with E-state index in [1.807, 2.05) is 36.4 Å². The molecule has 2 N–H and O–H groups in total. The van der Waals surface area contributed by atoms with E-state index in [1.54, 1.807) is 18.6 Å². The summed E-state index contributed by atoms with van der Waals surface area (Å²) in [4.78, 5) is 17.6. The minimum absolute atomic E-state index is 0.222. The summed E-state index contributed by atoms with van der Waals surface area (Å²) in [6, 6.07) is 11.4. The van der Waals surface area contributed by atoms with Crippen molar-refractivity contribution in [1.29, 1.82) is 0 Å². The van der Waals surface area contributed by atoms with Crippen LogP contribution in [0.25, 0.3) is 0 Å². The Bertz CT molecular complexity index is 680. The van der Waals surface area contributed by atoms with Crippen LogP contribution in [0.3, 0.4) is 0 Å². The van der Waals surface area contributed by atoms with Gasteiger partial charge in [0, 0.05) is 29.1 Å². The maximum atomic E-state index is 12.1. The minimum Gasteiger partial charge on any atom is -0.370 e. The van der Waals surface area contributed by atoms with Crippen molar-refractivity contribution in [3.63, 3.8) is 0 Å². The van der Waals surface area contributed by atoms with E-state index >= 15 is 0 Å². The first-order valence-corrected chi connectivity index (χ1v) is 8.05. The Morgan fingerprint density at radius 2 is 2.04 bits per heavy atom. The van der Waals surface area contributed by atoms with Crippen LogP contribution in [0.2, 0.25) is 0 Å². The van der Waals surface area contributed by atoms with Gasteiger partial charge in [-0.15, -0.1) is 0 Å². The van der Waals surface area contributed by atoms with Crippen molar-refractivity contribution in [2.24, 2.45) is 5.10 Å². The van der Waals surface area contributed by atoms with Crippen molar-refractivity contribution in [3.8, 4) is 0 Å². The molecule has 6 nitrogen and oxygen atoms in total. The Morgan fingerprint density at radius 1 is 1.25 bits per heavy atom. The third-order valence-electron chi connectivity index (χ3n) is 3.93. The molecule has 0 unspecified atom stereocenters. The normalized spacial score (nSPS) is 15.5. The zero-order valence-electron chi connectivity index (χ0n) is 13.4. The third-order valence-corrected chi connectivity index (χ3v) is 3.93. The Balaban J connectivity index is 1.52. The number of nitrogens with one attached hydrogen (secondary N) is 2. The van der Waals surface area contributed by atoms with E-state index in [1.165, 1.54) is 10.5 Å². The van der Waals surface area contributed by atoms with Gasteiger partial charge < -0.3 is 9.64 Å². The molecular weight excluding hydrogens is 304 g/mol. The number of nitrogens with zero attached hydrogens (tertiary/aromatic N) is 2. The van der Waals surface area contributed by atoms with Crippen LogP contribution in [-0.2, 0) is 11.3 Å². The molecular formula is C18H21N4O2+. The van der Waals surface area contributed by atoms with Gasteiger partial charge in [0.25, 0.3) is 5.91 Å². The zero-order valence-corrected chi connectivity index (χ0v) is 13.4. The molecule has 1 saturated heterocycles. The van der Waals surface area contributed by atoms with Gasteiger partial charge in [0.15, 0.2) is 0 Å². The molecule has 2 aromatic rings. The lowest BCUT2D eigenvalue weighted by Gasteiger charge is -2.23. The summed E-state index contributed by atoms with van der Waals surface area (Å²) in [6.45, 7) is 4.68. The summed E-state index contributed by atoms with van der Waals surface area (Å²) >= 11 is 0. The first-order valence-electron chi connectivity index (χ1n) is 8.05. The Kier molecular flexibility index (Phi) is 5.65. The number of aromatic nitrogens is 1. The average Bonchev–Trinajstić information content (AvgIpc) is 2.64. The van der Waals surface area contributed by atoms with Gasteiger partial charge in [-0.2, -0.15) is 5.10 Å². The maximum Gasteiger partial charge on any atom is 0.271 e. The highest BCUT2D eigenvalue weighted by Gasteiger charge is 2.14. The van der Waals surface area contributed by atoms with Crippen molar-refractivity contribution >= 4 is 12.1 Å². The van der Waals surface area contributed by atoms with Gasteiger partial charge in [-0.1, -0.05) is 18.2 Å². The molecule has 1 aliphatic heterocycles. The molecule has 24 heavy (non-hydrogen) atoms. The number of carbonyl (C=O) groups is 1. The lowest BCUT2D eigenvalue weighted by molar-refractivity contribution is -0.921. The predicted octanol–water partition coefficient (Wildman–Crippen LogP) is 0.261. The van der Waals surface area contributed by atoms with Crippen LogP contribution in [-0.4, -0.2) is 43.4 Å². The molecule has 1 aromatic heterocycles.